The number of hydrogen-bond acceptors (Lipinski definition) is 5. The first-order chi connectivity index (χ1) is 15.2. The van der Waals surface area contributed by atoms with E-state index < -0.39 is 6.03 Å². The lowest BCUT2D eigenvalue weighted by Gasteiger charge is -2.36. The summed E-state index contributed by atoms with van der Waals surface area (Å²) in [6.45, 7) is 5.28. The maximum atomic E-state index is 12.0. The van der Waals surface area contributed by atoms with Gasteiger partial charge < -0.3 is 10.6 Å². The molecule has 31 heavy (non-hydrogen) atoms. The van der Waals surface area contributed by atoms with Gasteiger partial charge >= 0.3 is 6.03 Å². The van der Waals surface area contributed by atoms with Gasteiger partial charge in [-0.05, 0) is 43.7 Å². The van der Waals surface area contributed by atoms with E-state index in [4.69, 9.17) is 5.73 Å². The van der Waals surface area contributed by atoms with Gasteiger partial charge in [0.1, 0.15) is 6.07 Å². The summed E-state index contributed by atoms with van der Waals surface area (Å²) >= 11 is 0. The molecule has 1 fully saturated rings. The number of benzene rings is 1. The van der Waals surface area contributed by atoms with Crippen molar-refractivity contribution in [2.75, 3.05) is 49.1 Å². The van der Waals surface area contributed by atoms with Gasteiger partial charge in [0.25, 0.3) is 0 Å². The molecule has 2 N–H and O–H groups in total. The fraction of sp³-hybridized carbons (Fsp3) is 0.348. The molecule has 8 heteroatoms. The third-order valence-corrected chi connectivity index (χ3v) is 5.74. The summed E-state index contributed by atoms with van der Waals surface area (Å²) in [6, 6.07) is 17.2. The van der Waals surface area contributed by atoms with Crippen LogP contribution in [0.3, 0.4) is 0 Å². The summed E-state index contributed by atoms with van der Waals surface area (Å²) in [6.07, 6.45) is 3.69. The monoisotopic (exact) mass is 417 g/mol. The van der Waals surface area contributed by atoms with Gasteiger partial charge in [0.2, 0.25) is 0 Å². The van der Waals surface area contributed by atoms with Gasteiger partial charge in [0.05, 0.1) is 16.8 Å². The Labute approximate surface area is 182 Å². The summed E-state index contributed by atoms with van der Waals surface area (Å²) in [4.78, 5) is 18.2. The molecule has 0 bridgehead atoms. The lowest BCUT2D eigenvalue weighted by atomic mass is 10.1. The molecule has 0 spiro atoms. The normalized spacial score (nSPS) is 14.5. The average Bonchev–Trinajstić information content (AvgIpc) is 3.23. The minimum Gasteiger partial charge on any atom is -0.368 e. The van der Waals surface area contributed by atoms with Crippen LogP contribution >= 0.6 is 0 Å². The van der Waals surface area contributed by atoms with Crippen LogP contribution in [-0.4, -0.2) is 59.8 Å². The van der Waals surface area contributed by atoms with Crippen molar-refractivity contribution in [3.05, 3.63) is 60.3 Å². The molecular formula is C23H27N7O. The number of pyridine rings is 1. The summed E-state index contributed by atoms with van der Waals surface area (Å²) in [5, 5.41) is 13.8. The maximum Gasteiger partial charge on any atom is 0.320 e. The first-order valence-electron chi connectivity index (χ1n) is 10.6. The first kappa shape index (κ1) is 20.7. The molecule has 3 heterocycles. The van der Waals surface area contributed by atoms with Crippen LogP contribution in [0.25, 0.3) is 5.52 Å². The Balaban J connectivity index is 1.25. The van der Waals surface area contributed by atoms with Crippen LogP contribution in [-0.2, 0) is 0 Å². The number of para-hydroxylation sites is 1. The van der Waals surface area contributed by atoms with Crippen LogP contribution in [0.5, 0.6) is 0 Å². The zero-order valence-corrected chi connectivity index (χ0v) is 17.5. The van der Waals surface area contributed by atoms with Crippen LogP contribution < -0.4 is 15.5 Å². The Hall–Kier alpha value is -3.57. The van der Waals surface area contributed by atoms with E-state index in [0.717, 1.165) is 62.3 Å². The van der Waals surface area contributed by atoms with E-state index in [1.165, 1.54) is 0 Å². The maximum absolute atomic E-state index is 12.0. The lowest BCUT2D eigenvalue weighted by Crippen LogP contribution is -2.47. The van der Waals surface area contributed by atoms with Crippen molar-refractivity contribution in [1.29, 1.82) is 5.26 Å². The van der Waals surface area contributed by atoms with Crippen molar-refractivity contribution in [2.24, 2.45) is 5.73 Å². The Bertz CT molecular complexity index is 1050. The lowest BCUT2D eigenvalue weighted by molar-refractivity contribution is 0.249. The molecule has 160 valence electrons. The highest BCUT2D eigenvalue weighted by molar-refractivity contribution is 5.90. The standard InChI is InChI=1S/C23H27N7O/c24-18-19-7-1-2-9-21(19)28-15-13-27(14-16-28)10-5-6-11-29(23(25)31)22-17-20-8-3-4-12-30(20)26-22/h1-4,7-9,12,17H,5-6,10-11,13-16H2,(H2,25,31). The van der Waals surface area contributed by atoms with Crippen LogP contribution in [0, 0.1) is 11.3 Å². The van der Waals surface area contributed by atoms with Crippen molar-refractivity contribution in [1.82, 2.24) is 14.5 Å². The van der Waals surface area contributed by atoms with Crippen LogP contribution in [0.2, 0.25) is 0 Å². The molecule has 2 amide bonds. The van der Waals surface area contributed by atoms with Crippen molar-refractivity contribution in [2.45, 2.75) is 12.8 Å². The number of unbranched alkanes of at least 4 members (excludes halogenated alkanes) is 1. The molecule has 1 aliphatic rings. The fourth-order valence-corrected chi connectivity index (χ4v) is 4.06. The third kappa shape index (κ3) is 4.78. The number of primary amides is 1. The third-order valence-electron chi connectivity index (χ3n) is 5.74. The van der Waals surface area contributed by atoms with Gasteiger partial charge in [-0.1, -0.05) is 18.2 Å². The SMILES string of the molecule is N#Cc1ccccc1N1CCN(CCCCN(C(N)=O)c2cc3ccccn3n2)CC1. The van der Waals surface area contributed by atoms with Gasteiger partial charge in [-0.15, -0.1) is 5.10 Å². The molecule has 3 aromatic rings. The molecule has 2 aromatic heterocycles. The number of anilines is 2. The Morgan fingerprint density at radius 1 is 1.10 bits per heavy atom. The zero-order chi connectivity index (χ0) is 21.6. The van der Waals surface area contributed by atoms with E-state index in [-0.39, 0.29) is 0 Å². The predicted molar refractivity (Wildman–Crippen MR) is 121 cm³/mol. The number of fused-ring (bicyclic) bond motifs is 1. The highest BCUT2D eigenvalue weighted by Crippen LogP contribution is 2.21. The Morgan fingerprint density at radius 2 is 1.87 bits per heavy atom. The molecule has 1 saturated heterocycles. The number of nitriles is 1. The highest BCUT2D eigenvalue weighted by Gasteiger charge is 2.19. The van der Waals surface area contributed by atoms with Gasteiger partial charge in [0.15, 0.2) is 5.82 Å². The molecule has 1 aromatic carbocycles. The predicted octanol–water partition coefficient (Wildman–Crippen LogP) is 2.69. The number of rotatable bonds is 7. The van der Waals surface area contributed by atoms with Crippen LogP contribution in [0.4, 0.5) is 16.3 Å². The first-order valence-corrected chi connectivity index (χ1v) is 10.6. The Kier molecular flexibility index (Phi) is 6.34. The Morgan fingerprint density at radius 3 is 2.61 bits per heavy atom. The number of urea groups is 1. The summed E-state index contributed by atoms with van der Waals surface area (Å²) in [5.41, 5.74) is 8.29. The number of nitrogens with zero attached hydrogens (tertiary/aromatic N) is 6. The van der Waals surface area contributed by atoms with E-state index in [1.54, 1.807) is 9.42 Å². The average molecular weight is 418 g/mol. The summed E-state index contributed by atoms with van der Waals surface area (Å²) < 4.78 is 1.75. The van der Waals surface area contributed by atoms with E-state index >= 15 is 0 Å². The van der Waals surface area contributed by atoms with Crippen molar-refractivity contribution < 1.29 is 4.79 Å². The minimum absolute atomic E-state index is 0.479. The zero-order valence-electron chi connectivity index (χ0n) is 17.5. The largest absolute Gasteiger partial charge is 0.368 e. The molecule has 4 rings (SSSR count). The van der Waals surface area contributed by atoms with E-state index in [9.17, 15) is 10.1 Å². The van der Waals surface area contributed by atoms with Gasteiger partial charge in [-0.2, -0.15) is 5.26 Å². The second-order valence-corrected chi connectivity index (χ2v) is 7.73. The number of hydrogen-bond donors (Lipinski definition) is 1. The molecule has 0 atom stereocenters. The molecular weight excluding hydrogens is 390 g/mol. The van der Waals surface area contributed by atoms with Crippen molar-refractivity contribution in [3.63, 3.8) is 0 Å². The molecule has 1 aliphatic heterocycles. The fourth-order valence-electron chi connectivity index (χ4n) is 4.06. The highest BCUT2D eigenvalue weighted by atomic mass is 16.2. The molecule has 8 nitrogen and oxygen atoms in total. The van der Waals surface area contributed by atoms with E-state index in [0.29, 0.717) is 12.4 Å². The molecule has 0 aliphatic carbocycles. The number of carbonyl (C=O) groups is 1. The number of piperazine rings is 1. The van der Waals surface area contributed by atoms with Gasteiger partial charge in [0, 0.05) is 45.0 Å². The summed E-state index contributed by atoms with van der Waals surface area (Å²) in [7, 11) is 0. The molecule has 0 saturated carbocycles. The van der Waals surface area contributed by atoms with E-state index in [1.807, 2.05) is 54.7 Å². The van der Waals surface area contributed by atoms with Crippen molar-refractivity contribution >= 4 is 23.1 Å². The topological polar surface area (TPSA) is 93.9 Å². The van der Waals surface area contributed by atoms with Gasteiger partial charge in [-0.25, -0.2) is 9.31 Å². The van der Waals surface area contributed by atoms with E-state index in [2.05, 4.69) is 21.0 Å². The minimum atomic E-state index is -0.479. The summed E-state index contributed by atoms with van der Waals surface area (Å²) in [5.74, 6) is 0.587. The second kappa shape index (κ2) is 9.49. The number of aromatic nitrogens is 2. The number of amides is 2. The van der Waals surface area contributed by atoms with Crippen molar-refractivity contribution in [3.8, 4) is 6.07 Å². The number of carbonyl (C=O) groups excluding carboxylic acids is 1. The second-order valence-electron chi connectivity index (χ2n) is 7.73. The van der Waals surface area contributed by atoms with Crippen LogP contribution in [0.15, 0.2) is 54.7 Å². The smallest absolute Gasteiger partial charge is 0.320 e. The molecule has 0 unspecified atom stereocenters. The number of nitrogens with two attached hydrogens (primary N) is 1. The van der Waals surface area contributed by atoms with Crippen LogP contribution in [0.1, 0.15) is 18.4 Å². The quantitative estimate of drug-likeness (QED) is 0.597. The van der Waals surface area contributed by atoms with Gasteiger partial charge in [-0.3, -0.25) is 9.80 Å². The molecule has 0 radical (unpaired) electrons.